The lowest BCUT2D eigenvalue weighted by Crippen LogP contribution is -2.25. The molecule has 1 amide bonds. The molecule has 1 heterocycles. The van der Waals surface area contributed by atoms with Gasteiger partial charge in [-0.25, -0.2) is 0 Å². The van der Waals surface area contributed by atoms with Gasteiger partial charge in [0.25, 0.3) is 11.6 Å². The Balaban J connectivity index is 1.53. The van der Waals surface area contributed by atoms with E-state index in [1.807, 2.05) is 43.3 Å². The third kappa shape index (κ3) is 4.15. The summed E-state index contributed by atoms with van der Waals surface area (Å²) in [6, 6.07) is 19.2. The number of nitrogens with zero attached hydrogens (tertiary/aromatic N) is 2. The van der Waals surface area contributed by atoms with Gasteiger partial charge in [-0.2, -0.15) is 0 Å². The second-order valence-electron chi connectivity index (χ2n) is 7.03. The van der Waals surface area contributed by atoms with Crippen molar-refractivity contribution in [1.82, 2.24) is 0 Å². The van der Waals surface area contributed by atoms with Gasteiger partial charge < -0.3 is 9.64 Å². The number of anilines is 1. The van der Waals surface area contributed by atoms with E-state index in [1.54, 1.807) is 29.2 Å². The van der Waals surface area contributed by atoms with Gasteiger partial charge >= 0.3 is 0 Å². The molecule has 0 N–H and O–H groups in total. The molecule has 0 saturated carbocycles. The van der Waals surface area contributed by atoms with E-state index in [4.69, 9.17) is 16.3 Å². The summed E-state index contributed by atoms with van der Waals surface area (Å²) in [7, 11) is 0. The van der Waals surface area contributed by atoms with Crippen molar-refractivity contribution < 1.29 is 14.5 Å². The fraction of sp³-hybridized carbons (Fsp3) is 0.125. The standard InChI is InChI=1S/C24H19ClN2O4/c1-2-26-22-6-4-3-5-19(22)20(24(26)28)13-17-9-12-23(21(25)14-17)31-15-16-7-10-18(11-8-16)27(29)30/h3-14H,2,15H2,1H3/b20-13-. The third-order valence-electron chi connectivity index (χ3n) is 5.09. The first-order chi connectivity index (χ1) is 15.0. The Morgan fingerprint density at radius 2 is 1.84 bits per heavy atom. The van der Waals surface area contributed by atoms with Crippen LogP contribution in [0.15, 0.2) is 66.7 Å². The lowest BCUT2D eigenvalue weighted by molar-refractivity contribution is -0.384. The summed E-state index contributed by atoms with van der Waals surface area (Å²) in [4.78, 5) is 24.9. The number of carbonyl (C=O) groups is 1. The first-order valence-electron chi connectivity index (χ1n) is 9.76. The van der Waals surface area contributed by atoms with Crippen LogP contribution in [0.5, 0.6) is 5.75 Å². The highest BCUT2D eigenvalue weighted by Gasteiger charge is 2.30. The molecule has 0 fully saturated rings. The van der Waals surface area contributed by atoms with Crippen molar-refractivity contribution in [1.29, 1.82) is 0 Å². The monoisotopic (exact) mass is 434 g/mol. The largest absolute Gasteiger partial charge is 0.487 e. The second kappa shape index (κ2) is 8.62. The van der Waals surface area contributed by atoms with Gasteiger partial charge in [0, 0.05) is 29.8 Å². The van der Waals surface area contributed by atoms with E-state index in [9.17, 15) is 14.9 Å². The zero-order chi connectivity index (χ0) is 22.0. The fourth-order valence-corrected chi connectivity index (χ4v) is 3.77. The van der Waals surface area contributed by atoms with E-state index in [-0.39, 0.29) is 18.2 Å². The number of non-ortho nitro benzene ring substituents is 1. The Bertz CT molecular complexity index is 1190. The molecule has 7 heteroatoms. The topological polar surface area (TPSA) is 72.7 Å². The van der Waals surface area contributed by atoms with Crippen LogP contribution in [-0.2, 0) is 11.4 Å². The highest BCUT2D eigenvalue weighted by Crippen LogP contribution is 2.38. The summed E-state index contributed by atoms with van der Waals surface area (Å²) < 4.78 is 5.76. The van der Waals surface area contributed by atoms with E-state index in [0.29, 0.717) is 22.9 Å². The van der Waals surface area contributed by atoms with Gasteiger partial charge in [0.2, 0.25) is 0 Å². The van der Waals surface area contributed by atoms with Crippen molar-refractivity contribution in [3.05, 3.63) is 98.6 Å². The van der Waals surface area contributed by atoms with E-state index in [0.717, 1.165) is 22.4 Å². The number of nitro groups is 1. The summed E-state index contributed by atoms with van der Waals surface area (Å²) in [5.41, 5.74) is 4.07. The van der Waals surface area contributed by atoms with Crippen molar-refractivity contribution in [2.24, 2.45) is 0 Å². The lowest BCUT2D eigenvalue weighted by Gasteiger charge is -2.13. The molecule has 0 saturated heterocycles. The molecule has 0 aromatic heterocycles. The lowest BCUT2D eigenvalue weighted by atomic mass is 10.0. The zero-order valence-electron chi connectivity index (χ0n) is 16.7. The van der Waals surface area contributed by atoms with Gasteiger partial charge in [-0.05, 0) is 54.5 Å². The summed E-state index contributed by atoms with van der Waals surface area (Å²) in [6.07, 6.45) is 1.84. The van der Waals surface area contributed by atoms with Crippen LogP contribution in [-0.4, -0.2) is 17.4 Å². The minimum absolute atomic E-state index is 0.0293. The molecule has 0 spiro atoms. The number of likely N-dealkylation sites (N-methyl/N-ethyl adjacent to an activating group) is 1. The summed E-state index contributed by atoms with van der Waals surface area (Å²) >= 11 is 6.40. The van der Waals surface area contributed by atoms with Gasteiger partial charge in [-0.15, -0.1) is 0 Å². The van der Waals surface area contributed by atoms with E-state index < -0.39 is 4.92 Å². The average Bonchev–Trinajstić information content (AvgIpc) is 3.04. The molecule has 31 heavy (non-hydrogen) atoms. The van der Waals surface area contributed by atoms with Crippen molar-refractivity contribution >= 4 is 40.5 Å². The molecule has 0 radical (unpaired) electrons. The molecule has 4 rings (SSSR count). The molecule has 6 nitrogen and oxygen atoms in total. The van der Waals surface area contributed by atoms with Gasteiger partial charge in [-0.3, -0.25) is 14.9 Å². The summed E-state index contributed by atoms with van der Waals surface area (Å²) in [5, 5.41) is 11.2. The highest BCUT2D eigenvalue weighted by molar-refractivity contribution is 6.36. The molecule has 1 aliphatic rings. The first-order valence-corrected chi connectivity index (χ1v) is 10.1. The minimum Gasteiger partial charge on any atom is -0.487 e. The quantitative estimate of drug-likeness (QED) is 0.282. The van der Waals surface area contributed by atoms with Crippen LogP contribution in [0.3, 0.4) is 0 Å². The number of amides is 1. The van der Waals surface area contributed by atoms with Crippen LogP contribution < -0.4 is 9.64 Å². The number of carbonyl (C=O) groups excluding carboxylic acids is 1. The minimum atomic E-state index is -0.443. The maximum absolute atomic E-state index is 12.8. The normalized spacial score (nSPS) is 14.1. The first kappa shape index (κ1) is 20.6. The van der Waals surface area contributed by atoms with E-state index in [2.05, 4.69) is 0 Å². The van der Waals surface area contributed by atoms with Crippen LogP contribution in [0.4, 0.5) is 11.4 Å². The van der Waals surface area contributed by atoms with Gasteiger partial charge in [-0.1, -0.05) is 35.9 Å². The van der Waals surface area contributed by atoms with Crippen molar-refractivity contribution in [3.63, 3.8) is 0 Å². The van der Waals surface area contributed by atoms with Gasteiger partial charge in [0.05, 0.1) is 15.6 Å². The number of hydrogen-bond acceptors (Lipinski definition) is 4. The second-order valence-corrected chi connectivity index (χ2v) is 7.43. The number of halogens is 1. The predicted molar refractivity (Wildman–Crippen MR) is 121 cm³/mol. The van der Waals surface area contributed by atoms with Crippen molar-refractivity contribution in [2.45, 2.75) is 13.5 Å². The molecule has 3 aromatic rings. The number of para-hydroxylation sites is 1. The van der Waals surface area contributed by atoms with Gasteiger partial charge in [0.1, 0.15) is 12.4 Å². The average molecular weight is 435 g/mol. The maximum atomic E-state index is 12.8. The molecule has 156 valence electrons. The number of hydrogen-bond donors (Lipinski definition) is 0. The summed E-state index contributed by atoms with van der Waals surface area (Å²) in [6.45, 7) is 2.78. The van der Waals surface area contributed by atoms with Crippen LogP contribution in [0.2, 0.25) is 5.02 Å². The smallest absolute Gasteiger partial charge is 0.269 e. The highest BCUT2D eigenvalue weighted by atomic mass is 35.5. The van der Waals surface area contributed by atoms with Crippen LogP contribution >= 0.6 is 11.6 Å². The van der Waals surface area contributed by atoms with Crippen molar-refractivity contribution in [3.8, 4) is 5.75 Å². The molecule has 1 aliphatic heterocycles. The summed E-state index contributed by atoms with van der Waals surface area (Å²) in [5.74, 6) is 0.467. The molecule has 0 atom stereocenters. The molecule has 0 bridgehead atoms. The SMILES string of the molecule is CCN1C(=O)/C(=C\c2ccc(OCc3ccc([N+](=O)[O-])cc3)c(Cl)c2)c2ccccc21. The Hall–Kier alpha value is -3.64. The maximum Gasteiger partial charge on any atom is 0.269 e. The van der Waals surface area contributed by atoms with Crippen molar-refractivity contribution in [2.75, 3.05) is 11.4 Å². The Morgan fingerprint density at radius 1 is 1.10 bits per heavy atom. The Morgan fingerprint density at radius 3 is 2.52 bits per heavy atom. The molecular weight excluding hydrogens is 416 g/mol. The number of benzene rings is 3. The Labute approximate surface area is 184 Å². The van der Waals surface area contributed by atoms with Crippen LogP contribution in [0, 0.1) is 10.1 Å². The Kier molecular flexibility index (Phi) is 5.73. The molecule has 3 aromatic carbocycles. The van der Waals surface area contributed by atoms with Crippen LogP contribution in [0.1, 0.15) is 23.6 Å². The number of nitro benzene ring substituents is 1. The molecule has 0 unspecified atom stereocenters. The number of ether oxygens (including phenoxy) is 1. The number of rotatable bonds is 6. The molecular formula is C24H19ClN2O4. The fourth-order valence-electron chi connectivity index (χ4n) is 3.53. The van der Waals surface area contributed by atoms with E-state index >= 15 is 0 Å². The predicted octanol–water partition coefficient (Wildman–Crippen LogP) is 5.73. The molecule has 0 aliphatic carbocycles. The third-order valence-corrected chi connectivity index (χ3v) is 5.38. The number of fused-ring (bicyclic) bond motifs is 1. The van der Waals surface area contributed by atoms with E-state index in [1.165, 1.54) is 12.1 Å². The zero-order valence-corrected chi connectivity index (χ0v) is 17.5. The van der Waals surface area contributed by atoms with Crippen LogP contribution in [0.25, 0.3) is 11.6 Å². The van der Waals surface area contributed by atoms with Gasteiger partial charge in [0.15, 0.2) is 0 Å².